The number of hydrogen-bond acceptors (Lipinski definition) is 5. The molecule has 1 heterocycles. The van der Waals surface area contributed by atoms with Gasteiger partial charge in [-0.15, -0.1) is 0 Å². The van der Waals surface area contributed by atoms with Crippen molar-refractivity contribution < 1.29 is 19.1 Å². The Bertz CT molecular complexity index is 727. The van der Waals surface area contributed by atoms with E-state index < -0.39 is 11.6 Å². The topological polar surface area (TPSA) is 100 Å². The molecule has 0 aliphatic carbocycles. The molecule has 0 atom stereocenters. The number of nitrogens with zero attached hydrogens (tertiary/aromatic N) is 2. The zero-order valence-corrected chi connectivity index (χ0v) is 14.8. The van der Waals surface area contributed by atoms with Crippen molar-refractivity contribution in [3.63, 3.8) is 0 Å². The quantitative estimate of drug-likeness (QED) is 0.460. The van der Waals surface area contributed by atoms with E-state index in [2.05, 4.69) is 15.8 Å². The lowest BCUT2D eigenvalue weighted by Gasteiger charge is -2.15. The third kappa shape index (κ3) is 4.34. The molecule has 1 aromatic rings. The van der Waals surface area contributed by atoms with Crippen molar-refractivity contribution in [2.24, 2.45) is 5.10 Å². The van der Waals surface area contributed by atoms with Crippen LogP contribution in [0.25, 0.3) is 0 Å². The summed E-state index contributed by atoms with van der Waals surface area (Å²) in [6.07, 6.45) is -0.0237. The van der Waals surface area contributed by atoms with Crippen molar-refractivity contribution >= 4 is 23.6 Å². The van der Waals surface area contributed by atoms with Gasteiger partial charge in [0, 0.05) is 18.5 Å². The van der Waals surface area contributed by atoms with Crippen LogP contribution in [0.5, 0.6) is 5.75 Å². The Morgan fingerprint density at radius 3 is 2.68 bits per heavy atom. The Morgan fingerprint density at radius 1 is 1.36 bits per heavy atom. The molecular weight excluding hydrogens is 324 g/mol. The first kappa shape index (κ1) is 18.4. The highest BCUT2D eigenvalue weighted by atomic mass is 16.5. The van der Waals surface area contributed by atoms with Gasteiger partial charge in [0.05, 0.1) is 12.8 Å². The molecule has 2 rings (SSSR count). The molecule has 1 aromatic carbocycles. The van der Waals surface area contributed by atoms with Crippen LogP contribution >= 0.6 is 0 Å². The van der Waals surface area contributed by atoms with E-state index in [1.807, 2.05) is 18.2 Å². The van der Waals surface area contributed by atoms with Crippen LogP contribution in [0.3, 0.4) is 0 Å². The summed E-state index contributed by atoms with van der Waals surface area (Å²) in [5.74, 6) is -0.0338. The molecule has 134 valence electrons. The smallest absolute Gasteiger partial charge is 0.325 e. The number of urea groups is 1. The average molecular weight is 346 g/mol. The van der Waals surface area contributed by atoms with E-state index in [0.29, 0.717) is 11.5 Å². The number of hydrazone groups is 1. The Kier molecular flexibility index (Phi) is 5.41. The van der Waals surface area contributed by atoms with Crippen LogP contribution in [0.2, 0.25) is 0 Å². The number of carbonyl (C=O) groups is 3. The summed E-state index contributed by atoms with van der Waals surface area (Å²) in [5.41, 5.74) is 2.92. The number of methoxy groups -OCH3 is 1. The van der Waals surface area contributed by atoms with E-state index in [9.17, 15) is 14.4 Å². The van der Waals surface area contributed by atoms with Gasteiger partial charge < -0.3 is 10.1 Å². The standard InChI is InChI=1S/C17H22N4O4/c1-11(12-6-5-7-13(10-12)25-4)19-20-14(22)8-9-21-15(23)17(2,3)18-16(21)24/h5-7,10H,8-9H2,1-4H3,(H,18,24)(H,20,22)/b19-11-. The SMILES string of the molecule is COc1cccc(/C(C)=N\NC(=O)CCN2C(=O)NC(C)(C)C2=O)c1. The second-order valence-corrected chi connectivity index (χ2v) is 6.23. The predicted octanol–water partition coefficient (Wildman–Crippen LogP) is 1.26. The van der Waals surface area contributed by atoms with Crippen LogP contribution in [0.4, 0.5) is 4.79 Å². The van der Waals surface area contributed by atoms with Crippen LogP contribution < -0.4 is 15.5 Å². The molecule has 0 saturated carbocycles. The Balaban J connectivity index is 1.90. The highest BCUT2D eigenvalue weighted by Crippen LogP contribution is 2.16. The van der Waals surface area contributed by atoms with Crippen molar-refractivity contribution in [1.82, 2.24) is 15.6 Å². The summed E-state index contributed by atoms with van der Waals surface area (Å²) in [7, 11) is 1.57. The largest absolute Gasteiger partial charge is 0.497 e. The van der Waals surface area contributed by atoms with E-state index in [0.717, 1.165) is 10.5 Å². The van der Waals surface area contributed by atoms with E-state index in [-0.39, 0.29) is 24.8 Å². The number of nitrogens with one attached hydrogen (secondary N) is 2. The molecule has 1 fully saturated rings. The van der Waals surface area contributed by atoms with E-state index in [1.165, 1.54) is 0 Å². The minimum atomic E-state index is -0.936. The molecule has 1 saturated heterocycles. The van der Waals surface area contributed by atoms with E-state index >= 15 is 0 Å². The monoisotopic (exact) mass is 346 g/mol. The van der Waals surface area contributed by atoms with Crippen LogP contribution in [-0.2, 0) is 9.59 Å². The van der Waals surface area contributed by atoms with Gasteiger partial charge in [0.2, 0.25) is 5.91 Å². The maximum Gasteiger partial charge on any atom is 0.325 e. The first-order valence-electron chi connectivity index (χ1n) is 7.86. The maximum absolute atomic E-state index is 12.0. The number of ether oxygens (including phenoxy) is 1. The molecule has 8 heteroatoms. The second-order valence-electron chi connectivity index (χ2n) is 6.23. The molecule has 0 spiro atoms. The number of amides is 4. The van der Waals surface area contributed by atoms with Crippen molar-refractivity contribution in [2.75, 3.05) is 13.7 Å². The zero-order chi connectivity index (χ0) is 18.6. The van der Waals surface area contributed by atoms with Crippen LogP contribution in [0, 0.1) is 0 Å². The van der Waals surface area contributed by atoms with Gasteiger partial charge in [-0.25, -0.2) is 10.2 Å². The van der Waals surface area contributed by atoms with Gasteiger partial charge in [0.1, 0.15) is 11.3 Å². The normalized spacial score (nSPS) is 16.6. The number of benzene rings is 1. The lowest BCUT2D eigenvalue weighted by Crippen LogP contribution is -2.40. The third-order valence-electron chi connectivity index (χ3n) is 3.84. The summed E-state index contributed by atoms with van der Waals surface area (Å²) in [4.78, 5) is 36.7. The minimum absolute atomic E-state index is 0.00760. The molecule has 25 heavy (non-hydrogen) atoms. The zero-order valence-electron chi connectivity index (χ0n) is 14.8. The summed E-state index contributed by atoms with van der Waals surface area (Å²) >= 11 is 0. The number of imide groups is 1. The maximum atomic E-state index is 12.0. The summed E-state index contributed by atoms with van der Waals surface area (Å²) < 4.78 is 5.15. The molecule has 8 nitrogen and oxygen atoms in total. The predicted molar refractivity (Wildman–Crippen MR) is 92.3 cm³/mol. The summed E-state index contributed by atoms with van der Waals surface area (Å²) in [6, 6.07) is 6.81. The molecule has 1 aliphatic rings. The Hall–Kier alpha value is -2.90. The first-order valence-corrected chi connectivity index (χ1v) is 7.86. The molecule has 1 aliphatic heterocycles. The van der Waals surface area contributed by atoms with Crippen molar-refractivity contribution in [1.29, 1.82) is 0 Å². The molecular formula is C17H22N4O4. The molecule has 2 N–H and O–H groups in total. The fourth-order valence-corrected chi connectivity index (χ4v) is 2.35. The van der Waals surface area contributed by atoms with Crippen LogP contribution in [0.15, 0.2) is 29.4 Å². The summed E-state index contributed by atoms with van der Waals surface area (Å²) in [6.45, 7) is 5.01. The fraction of sp³-hybridized carbons (Fsp3) is 0.412. The van der Waals surface area contributed by atoms with E-state index in [4.69, 9.17) is 4.74 Å². The highest BCUT2D eigenvalue weighted by molar-refractivity contribution is 6.06. The van der Waals surface area contributed by atoms with Crippen molar-refractivity contribution in [3.8, 4) is 5.75 Å². The Labute approximate surface area is 146 Å². The Morgan fingerprint density at radius 2 is 2.08 bits per heavy atom. The highest BCUT2D eigenvalue weighted by Gasteiger charge is 2.43. The number of hydrogen-bond donors (Lipinski definition) is 2. The first-order chi connectivity index (χ1) is 11.7. The van der Waals surface area contributed by atoms with Gasteiger partial charge in [0.25, 0.3) is 5.91 Å². The molecule has 4 amide bonds. The lowest BCUT2D eigenvalue weighted by molar-refractivity contribution is -0.130. The van der Waals surface area contributed by atoms with Crippen LogP contribution in [0.1, 0.15) is 32.8 Å². The average Bonchev–Trinajstić information content (AvgIpc) is 2.78. The van der Waals surface area contributed by atoms with Crippen molar-refractivity contribution in [2.45, 2.75) is 32.7 Å². The lowest BCUT2D eigenvalue weighted by atomic mass is 10.1. The fourth-order valence-electron chi connectivity index (χ4n) is 2.35. The minimum Gasteiger partial charge on any atom is -0.497 e. The third-order valence-corrected chi connectivity index (χ3v) is 3.84. The number of rotatable bonds is 6. The van der Waals surface area contributed by atoms with Gasteiger partial charge in [-0.3, -0.25) is 14.5 Å². The van der Waals surface area contributed by atoms with Gasteiger partial charge in [-0.1, -0.05) is 12.1 Å². The second kappa shape index (κ2) is 7.33. The van der Waals surface area contributed by atoms with Gasteiger partial charge in [-0.05, 0) is 32.9 Å². The molecule has 0 aromatic heterocycles. The van der Waals surface area contributed by atoms with Crippen molar-refractivity contribution in [3.05, 3.63) is 29.8 Å². The molecule has 0 bridgehead atoms. The van der Waals surface area contributed by atoms with Gasteiger partial charge in [-0.2, -0.15) is 5.10 Å². The summed E-state index contributed by atoms with van der Waals surface area (Å²) in [5, 5.41) is 6.60. The van der Waals surface area contributed by atoms with Crippen LogP contribution in [-0.4, -0.2) is 47.7 Å². The van der Waals surface area contributed by atoms with E-state index in [1.54, 1.807) is 33.9 Å². The number of carbonyl (C=O) groups excluding carboxylic acids is 3. The molecule has 0 unspecified atom stereocenters. The van der Waals surface area contributed by atoms with Gasteiger partial charge >= 0.3 is 6.03 Å². The molecule has 0 radical (unpaired) electrons. The van der Waals surface area contributed by atoms with Gasteiger partial charge in [0.15, 0.2) is 0 Å².